The average molecular weight is 272 g/mol. The zero-order valence-corrected chi connectivity index (χ0v) is 12.8. The van der Waals surface area contributed by atoms with Gasteiger partial charge in [0.2, 0.25) is 5.91 Å². The van der Waals surface area contributed by atoms with Gasteiger partial charge in [-0.05, 0) is 23.3 Å². The molecule has 1 N–H and O–H groups in total. The first-order valence-corrected chi connectivity index (χ1v) is 7.06. The van der Waals surface area contributed by atoms with E-state index < -0.39 is 5.92 Å². The van der Waals surface area contributed by atoms with Gasteiger partial charge in [0.1, 0.15) is 5.92 Å². The Bertz CT molecular complexity index is 468. The third-order valence-corrected chi connectivity index (χ3v) is 3.82. The fourth-order valence-corrected chi connectivity index (χ4v) is 1.73. The normalized spacial score (nSPS) is 14.2. The molecule has 1 aromatic carbocycles. The van der Waals surface area contributed by atoms with Gasteiger partial charge in [-0.2, -0.15) is 5.26 Å². The molecule has 20 heavy (non-hydrogen) atoms. The second-order valence-corrected chi connectivity index (χ2v) is 6.38. The number of carbonyl (C=O) groups is 1. The summed E-state index contributed by atoms with van der Waals surface area (Å²) in [6.45, 7) is 9.16. The largest absolute Gasteiger partial charge is 0.355 e. The van der Waals surface area contributed by atoms with Crippen LogP contribution in [0, 0.1) is 28.6 Å². The van der Waals surface area contributed by atoms with Gasteiger partial charge >= 0.3 is 0 Å². The van der Waals surface area contributed by atoms with Crippen molar-refractivity contribution < 1.29 is 4.79 Å². The van der Waals surface area contributed by atoms with Crippen LogP contribution in [0.2, 0.25) is 0 Å². The molecule has 1 rings (SSSR count). The third-order valence-electron chi connectivity index (χ3n) is 3.82. The first-order valence-electron chi connectivity index (χ1n) is 7.06. The molecule has 0 bridgehead atoms. The smallest absolute Gasteiger partial charge is 0.237 e. The summed E-state index contributed by atoms with van der Waals surface area (Å²) in [7, 11) is 0. The predicted octanol–water partition coefficient (Wildman–Crippen LogP) is 3.17. The summed E-state index contributed by atoms with van der Waals surface area (Å²) < 4.78 is 0. The van der Waals surface area contributed by atoms with Crippen LogP contribution < -0.4 is 5.32 Å². The Kier molecular flexibility index (Phi) is 5.76. The molecule has 108 valence electrons. The molecule has 0 aliphatic carbocycles. The van der Waals surface area contributed by atoms with Crippen molar-refractivity contribution in [2.45, 2.75) is 34.1 Å². The molecule has 3 nitrogen and oxygen atoms in total. The van der Waals surface area contributed by atoms with Gasteiger partial charge in [0.25, 0.3) is 0 Å². The fourth-order valence-electron chi connectivity index (χ4n) is 1.73. The average Bonchev–Trinajstić information content (AvgIpc) is 2.41. The molecular weight excluding hydrogens is 248 g/mol. The van der Waals surface area contributed by atoms with Crippen LogP contribution >= 0.6 is 0 Å². The number of benzene rings is 1. The molecule has 0 aliphatic heterocycles. The van der Waals surface area contributed by atoms with Crippen LogP contribution in [0.5, 0.6) is 0 Å². The molecule has 0 heterocycles. The van der Waals surface area contributed by atoms with Crippen LogP contribution in [0.4, 0.5) is 0 Å². The van der Waals surface area contributed by atoms with Crippen molar-refractivity contribution in [2.24, 2.45) is 17.3 Å². The zero-order valence-electron chi connectivity index (χ0n) is 12.8. The second kappa shape index (κ2) is 7.09. The number of rotatable bonds is 5. The van der Waals surface area contributed by atoms with Crippen LogP contribution in [0.15, 0.2) is 30.3 Å². The number of nitrogens with zero attached hydrogens (tertiary/aromatic N) is 1. The Balaban J connectivity index is 2.54. The molecule has 0 saturated carbocycles. The lowest BCUT2D eigenvalue weighted by atomic mass is 9.82. The van der Waals surface area contributed by atoms with Crippen molar-refractivity contribution in [3.63, 3.8) is 0 Å². The van der Waals surface area contributed by atoms with Crippen LogP contribution in [-0.2, 0) is 11.2 Å². The van der Waals surface area contributed by atoms with Gasteiger partial charge in [0.05, 0.1) is 6.07 Å². The summed E-state index contributed by atoms with van der Waals surface area (Å²) in [5, 5.41) is 12.1. The summed E-state index contributed by atoms with van der Waals surface area (Å²) in [5.41, 5.74) is 1.16. The molecule has 0 radical (unpaired) electrons. The van der Waals surface area contributed by atoms with Crippen LogP contribution in [-0.4, -0.2) is 12.5 Å². The van der Waals surface area contributed by atoms with Crippen LogP contribution in [0.25, 0.3) is 0 Å². The number of amides is 1. The molecule has 0 spiro atoms. The minimum atomic E-state index is -0.621. The molecule has 0 fully saturated rings. The van der Waals surface area contributed by atoms with Gasteiger partial charge in [-0.25, -0.2) is 0 Å². The number of nitriles is 1. The monoisotopic (exact) mass is 272 g/mol. The Morgan fingerprint density at radius 1 is 1.30 bits per heavy atom. The van der Waals surface area contributed by atoms with E-state index in [1.54, 1.807) is 0 Å². The van der Waals surface area contributed by atoms with Gasteiger partial charge in [0, 0.05) is 6.54 Å². The van der Waals surface area contributed by atoms with Gasteiger partial charge in [-0.3, -0.25) is 4.79 Å². The maximum atomic E-state index is 12.1. The van der Waals surface area contributed by atoms with E-state index in [9.17, 15) is 10.1 Å². The van der Waals surface area contributed by atoms with Crippen molar-refractivity contribution in [2.75, 3.05) is 6.54 Å². The maximum absolute atomic E-state index is 12.1. The Labute approximate surface area is 122 Å². The van der Waals surface area contributed by atoms with Crippen molar-refractivity contribution >= 4 is 5.91 Å². The van der Waals surface area contributed by atoms with E-state index in [1.807, 2.05) is 30.3 Å². The quantitative estimate of drug-likeness (QED) is 0.895. The lowest BCUT2D eigenvalue weighted by Gasteiger charge is -2.27. The van der Waals surface area contributed by atoms with E-state index >= 15 is 0 Å². The highest BCUT2D eigenvalue weighted by Gasteiger charge is 2.23. The highest BCUT2D eigenvalue weighted by atomic mass is 16.1. The molecular formula is C17H24N2O. The molecule has 0 aromatic heterocycles. The number of hydrogen-bond acceptors (Lipinski definition) is 2. The topological polar surface area (TPSA) is 52.9 Å². The predicted molar refractivity (Wildman–Crippen MR) is 80.9 cm³/mol. The highest BCUT2D eigenvalue weighted by Crippen LogP contribution is 2.24. The van der Waals surface area contributed by atoms with E-state index in [-0.39, 0.29) is 11.3 Å². The first-order chi connectivity index (χ1) is 9.34. The minimum absolute atomic E-state index is 0.148. The molecule has 0 saturated heterocycles. The van der Waals surface area contributed by atoms with Gasteiger partial charge in [-0.15, -0.1) is 0 Å². The minimum Gasteiger partial charge on any atom is -0.355 e. The van der Waals surface area contributed by atoms with Crippen molar-refractivity contribution in [1.82, 2.24) is 5.32 Å². The van der Waals surface area contributed by atoms with Gasteiger partial charge in [-0.1, -0.05) is 58.0 Å². The van der Waals surface area contributed by atoms with Crippen molar-refractivity contribution in [1.29, 1.82) is 5.26 Å². The lowest BCUT2D eigenvalue weighted by Crippen LogP contribution is -2.37. The van der Waals surface area contributed by atoms with Crippen LogP contribution in [0.3, 0.4) is 0 Å². The Hall–Kier alpha value is -1.82. The van der Waals surface area contributed by atoms with E-state index in [1.165, 1.54) is 0 Å². The van der Waals surface area contributed by atoms with E-state index in [0.717, 1.165) is 5.56 Å². The van der Waals surface area contributed by atoms with E-state index in [2.05, 4.69) is 39.1 Å². The summed E-state index contributed by atoms with van der Waals surface area (Å²) >= 11 is 0. The lowest BCUT2D eigenvalue weighted by molar-refractivity contribution is -0.123. The molecule has 1 amide bonds. The summed E-state index contributed by atoms with van der Waals surface area (Å²) in [6.07, 6.45) is 0.465. The standard InChI is InChI=1S/C17H24N2O/c1-13(17(2,3)4)12-19-16(20)15(11-18)10-14-8-6-5-7-9-14/h5-9,13,15H,10,12H2,1-4H3,(H,19,20). The van der Waals surface area contributed by atoms with Gasteiger partial charge < -0.3 is 5.32 Å². The van der Waals surface area contributed by atoms with Gasteiger partial charge in [0.15, 0.2) is 0 Å². The van der Waals surface area contributed by atoms with E-state index in [0.29, 0.717) is 18.9 Å². The van der Waals surface area contributed by atoms with Crippen LogP contribution in [0.1, 0.15) is 33.3 Å². The number of nitrogens with one attached hydrogen (secondary N) is 1. The molecule has 1 aromatic rings. The Morgan fingerprint density at radius 3 is 2.40 bits per heavy atom. The molecule has 2 atom stereocenters. The third kappa shape index (κ3) is 5.05. The molecule has 3 heteroatoms. The summed E-state index contributed by atoms with van der Waals surface area (Å²) in [5.74, 6) is -0.431. The first kappa shape index (κ1) is 16.2. The molecule has 0 aliphatic rings. The number of carbonyl (C=O) groups excluding carboxylic acids is 1. The SMILES string of the molecule is CC(CNC(=O)C(C#N)Cc1ccccc1)C(C)(C)C. The van der Waals surface area contributed by atoms with Crippen molar-refractivity contribution in [3.8, 4) is 6.07 Å². The Morgan fingerprint density at radius 2 is 1.90 bits per heavy atom. The fraction of sp³-hybridized carbons (Fsp3) is 0.529. The highest BCUT2D eigenvalue weighted by molar-refractivity contribution is 5.81. The zero-order chi connectivity index (χ0) is 15.2. The maximum Gasteiger partial charge on any atom is 0.237 e. The number of hydrogen-bond donors (Lipinski definition) is 1. The summed E-state index contributed by atoms with van der Waals surface area (Å²) in [4.78, 5) is 12.1. The van der Waals surface area contributed by atoms with Crippen molar-refractivity contribution in [3.05, 3.63) is 35.9 Å². The van der Waals surface area contributed by atoms with E-state index in [4.69, 9.17) is 0 Å². The second-order valence-electron chi connectivity index (χ2n) is 6.38. The summed E-state index contributed by atoms with van der Waals surface area (Å²) in [6, 6.07) is 11.7. The molecule has 2 unspecified atom stereocenters.